The highest BCUT2D eigenvalue weighted by Gasteiger charge is 2.70. The molecule has 1 unspecified atom stereocenters. The molecule has 1 amide bonds. The second-order valence-electron chi connectivity index (χ2n) is 15.2. The number of fused-ring (bicyclic) bond motifs is 5. The van der Waals surface area contributed by atoms with E-state index >= 15 is 0 Å². The number of sulfonamides is 1. The van der Waals surface area contributed by atoms with E-state index in [1.807, 2.05) is 19.9 Å². The molecule has 0 aromatic heterocycles. The van der Waals surface area contributed by atoms with Crippen LogP contribution in [-0.2, 0) is 24.3 Å². The van der Waals surface area contributed by atoms with Crippen LogP contribution in [0.5, 0.6) is 0 Å². The Hall–Kier alpha value is -1.75. The van der Waals surface area contributed by atoms with E-state index in [-0.39, 0.29) is 45.9 Å². The lowest BCUT2D eigenvalue weighted by atomic mass is 9.36. The molecule has 0 aromatic rings. The molecule has 10 heteroatoms. The molecule has 10 atom stereocenters. The van der Waals surface area contributed by atoms with Gasteiger partial charge in [0.15, 0.2) is 0 Å². The van der Waals surface area contributed by atoms with Crippen molar-refractivity contribution < 1.29 is 33.0 Å². The Labute approximate surface area is 264 Å². The summed E-state index contributed by atoms with van der Waals surface area (Å²) in [5, 5.41) is 22.9. The lowest BCUT2D eigenvalue weighted by molar-refractivity contribution is -0.234. The highest BCUT2D eigenvalue weighted by Crippen LogP contribution is 2.74. The van der Waals surface area contributed by atoms with Gasteiger partial charge in [-0.2, -0.15) is 0 Å². The molecule has 0 saturated heterocycles. The van der Waals surface area contributed by atoms with Crippen LogP contribution in [0.2, 0.25) is 0 Å². The minimum Gasteiger partial charge on any atom is -0.458 e. The van der Waals surface area contributed by atoms with Crippen LogP contribution in [-0.4, -0.2) is 54.6 Å². The van der Waals surface area contributed by atoms with E-state index in [1.54, 1.807) is 6.92 Å². The van der Waals surface area contributed by atoms with Crippen molar-refractivity contribution in [2.24, 2.45) is 39.9 Å². The quantitative estimate of drug-likeness (QED) is 0.122. The van der Waals surface area contributed by atoms with Crippen LogP contribution in [0.3, 0.4) is 0 Å². The molecule has 0 spiro atoms. The van der Waals surface area contributed by atoms with Gasteiger partial charge in [0.05, 0.1) is 18.0 Å². The number of hydrogen-bond donors (Lipinski definition) is 4. The van der Waals surface area contributed by atoms with Crippen LogP contribution >= 0.6 is 0 Å². The molecule has 0 aliphatic heterocycles. The topological polar surface area (TPSA) is 142 Å². The minimum atomic E-state index is -3.71. The molecule has 44 heavy (non-hydrogen) atoms. The second kappa shape index (κ2) is 12.8. The first-order chi connectivity index (χ1) is 20.4. The van der Waals surface area contributed by atoms with Crippen LogP contribution in [0.4, 0.5) is 0 Å². The van der Waals surface area contributed by atoms with Gasteiger partial charge in [0, 0.05) is 12.5 Å². The van der Waals surface area contributed by atoms with Gasteiger partial charge in [0.1, 0.15) is 6.10 Å². The zero-order valence-electron chi connectivity index (χ0n) is 28.0. The Balaban J connectivity index is 1.82. The fourth-order valence-electron chi connectivity index (χ4n) is 10.3. The van der Waals surface area contributed by atoms with E-state index in [2.05, 4.69) is 38.0 Å². The number of allylic oxidation sites excluding steroid dienone is 2. The Bertz CT molecular complexity index is 1290. The standard InChI is InChI=1S/C34H56N2O7S/c1-9-17-44(41,42)36-35-31(40)23(12-10-11-20(2)3)29-25-18-27(39)30-32(6)15-14-26(38)21(4)24(32)13-16-33(30,7)34(25,8)19-28(29)43-22(5)37/h11,21,24-28,30,36,38-39H,9-10,12-19H2,1-8H3,(H,35,40)/b29-23-/t21-,24-,25-,26+,27+,28-,30?,32-,33-,34-/m0/s1. The van der Waals surface area contributed by atoms with E-state index in [1.165, 1.54) is 6.92 Å². The molecule has 0 bridgehead atoms. The predicted octanol–water partition coefficient (Wildman–Crippen LogP) is 4.94. The number of nitrogens with one attached hydrogen (secondary N) is 2. The number of hydrazine groups is 1. The summed E-state index contributed by atoms with van der Waals surface area (Å²) in [7, 11) is -3.71. The molecule has 0 heterocycles. The van der Waals surface area contributed by atoms with Gasteiger partial charge in [-0.3, -0.25) is 15.0 Å². The fourth-order valence-corrected chi connectivity index (χ4v) is 11.2. The van der Waals surface area contributed by atoms with Crippen LogP contribution in [0.15, 0.2) is 22.8 Å². The number of aliphatic hydroxyl groups is 2. The van der Waals surface area contributed by atoms with Gasteiger partial charge >= 0.3 is 5.97 Å². The average Bonchev–Trinajstić information content (AvgIpc) is 3.18. The lowest BCUT2D eigenvalue weighted by Gasteiger charge is -2.69. The number of ether oxygens (including phenoxy) is 1. The lowest BCUT2D eigenvalue weighted by Crippen LogP contribution is -2.65. The Kier molecular flexibility index (Phi) is 10.2. The van der Waals surface area contributed by atoms with Crippen molar-refractivity contribution in [3.63, 3.8) is 0 Å². The molecule has 4 aliphatic rings. The zero-order chi connectivity index (χ0) is 32.8. The summed E-state index contributed by atoms with van der Waals surface area (Å²) in [6.07, 6.45) is 6.10. The predicted molar refractivity (Wildman–Crippen MR) is 170 cm³/mol. The fraction of sp³-hybridized carbons (Fsp3) is 0.824. The number of hydrogen-bond acceptors (Lipinski definition) is 7. The molecule has 4 fully saturated rings. The van der Waals surface area contributed by atoms with E-state index < -0.39 is 34.1 Å². The van der Waals surface area contributed by atoms with Gasteiger partial charge in [0.2, 0.25) is 10.0 Å². The number of amides is 1. The van der Waals surface area contributed by atoms with Crippen molar-refractivity contribution in [2.45, 2.75) is 131 Å². The second-order valence-corrected chi connectivity index (χ2v) is 17.1. The third-order valence-electron chi connectivity index (χ3n) is 12.4. The first kappa shape index (κ1) is 35.1. The molecule has 0 aromatic carbocycles. The Morgan fingerprint density at radius 1 is 1.05 bits per heavy atom. The molecular weight excluding hydrogens is 580 g/mol. The van der Waals surface area contributed by atoms with E-state index in [4.69, 9.17) is 4.74 Å². The maximum Gasteiger partial charge on any atom is 0.303 e. The van der Waals surface area contributed by atoms with Crippen molar-refractivity contribution in [3.05, 3.63) is 22.8 Å². The van der Waals surface area contributed by atoms with Gasteiger partial charge in [-0.05, 0) is 117 Å². The first-order valence-electron chi connectivity index (χ1n) is 16.6. The average molecular weight is 637 g/mol. The smallest absolute Gasteiger partial charge is 0.303 e. The third kappa shape index (κ3) is 6.17. The van der Waals surface area contributed by atoms with Gasteiger partial charge in [-0.1, -0.05) is 46.3 Å². The number of carbonyl (C=O) groups is 2. The summed E-state index contributed by atoms with van der Waals surface area (Å²) < 4.78 is 30.9. The van der Waals surface area contributed by atoms with Gasteiger partial charge in [0.25, 0.3) is 5.91 Å². The van der Waals surface area contributed by atoms with Crippen molar-refractivity contribution in [3.8, 4) is 0 Å². The van der Waals surface area contributed by atoms with E-state index in [9.17, 15) is 28.2 Å². The molecule has 0 radical (unpaired) electrons. The summed E-state index contributed by atoms with van der Waals surface area (Å²) >= 11 is 0. The largest absolute Gasteiger partial charge is 0.458 e. The highest BCUT2D eigenvalue weighted by molar-refractivity contribution is 7.89. The summed E-state index contributed by atoms with van der Waals surface area (Å²) in [6.45, 7) is 16.1. The SMILES string of the molecule is CCCS(=O)(=O)NNC(=O)/C(CCC=C(C)C)=C1\[C@@H](OC(C)=O)C[C@@]2(C)[C@H]1C[C@@H](O)C1[C@]2(C)CC[C@H]2[C@H](C)[C@H](O)CC[C@]12C. The Morgan fingerprint density at radius 3 is 2.34 bits per heavy atom. The van der Waals surface area contributed by atoms with Crippen LogP contribution in [0.1, 0.15) is 113 Å². The van der Waals surface area contributed by atoms with Crippen LogP contribution < -0.4 is 10.3 Å². The minimum absolute atomic E-state index is 0.00826. The Morgan fingerprint density at radius 2 is 1.73 bits per heavy atom. The highest BCUT2D eigenvalue weighted by atomic mass is 32.2. The van der Waals surface area contributed by atoms with E-state index in [0.717, 1.165) is 36.8 Å². The maximum absolute atomic E-state index is 13.9. The van der Waals surface area contributed by atoms with Gasteiger partial charge < -0.3 is 14.9 Å². The summed E-state index contributed by atoms with van der Waals surface area (Å²) in [5.41, 5.74) is 3.85. The van der Waals surface area contributed by atoms with Crippen LogP contribution in [0.25, 0.3) is 0 Å². The number of esters is 1. The van der Waals surface area contributed by atoms with E-state index in [0.29, 0.717) is 43.6 Å². The first-order valence-corrected chi connectivity index (χ1v) is 18.3. The number of aliphatic hydroxyl groups excluding tert-OH is 2. The van der Waals surface area contributed by atoms with Crippen molar-refractivity contribution in [1.82, 2.24) is 10.3 Å². The summed E-state index contributed by atoms with van der Waals surface area (Å²) in [6, 6.07) is 0. The molecule has 9 nitrogen and oxygen atoms in total. The molecule has 4 saturated carbocycles. The molecule has 4 rings (SSSR count). The van der Waals surface area contributed by atoms with Crippen molar-refractivity contribution >= 4 is 21.9 Å². The molecular formula is C34H56N2O7S. The molecule has 250 valence electrons. The van der Waals surface area contributed by atoms with Gasteiger partial charge in [-0.15, -0.1) is 4.83 Å². The molecule has 4 aliphatic carbocycles. The normalized spacial score (nSPS) is 41.1. The van der Waals surface area contributed by atoms with Crippen LogP contribution in [0, 0.1) is 39.9 Å². The third-order valence-corrected chi connectivity index (χ3v) is 13.7. The van der Waals surface area contributed by atoms with Crippen molar-refractivity contribution in [2.75, 3.05) is 5.75 Å². The molecule has 4 N–H and O–H groups in total. The van der Waals surface area contributed by atoms with Crippen molar-refractivity contribution in [1.29, 1.82) is 0 Å². The summed E-state index contributed by atoms with van der Waals surface area (Å²) in [5.74, 6) is -0.867. The zero-order valence-corrected chi connectivity index (χ0v) is 28.9. The number of rotatable bonds is 9. The van der Waals surface area contributed by atoms with Gasteiger partial charge in [-0.25, -0.2) is 8.42 Å². The monoisotopic (exact) mass is 636 g/mol. The summed E-state index contributed by atoms with van der Waals surface area (Å²) in [4.78, 5) is 28.6. The maximum atomic E-state index is 13.9. The number of carbonyl (C=O) groups excluding carboxylic acids is 2.